The van der Waals surface area contributed by atoms with Crippen LogP contribution in [0.5, 0.6) is 0 Å². The number of nitrogens with one attached hydrogen (secondary N) is 2. The first-order chi connectivity index (χ1) is 26.8. The zero-order valence-corrected chi connectivity index (χ0v) is 31.4. The van der Waals surface area contributed by atoms with Crippen molar-refractivity contribution in [2.45, 2.75) is 100 Å². The monoisotopic (exact) mass is 710 g/mol. The molecule has 0 bridgehead atoms. The highest BCUT2D eigenvalue weighted by Gasteiger charge is 2.53. The van der Waals surface area contributed by atoms with Crippen LogP contribution < -0.4 is 15.5 Å². The highest BCUT2D eigenvalue weighted by atomic mass is 15.3. The van der Waals surface area contributed by atoms with Gasteiger partial charge < -0.3 is 20.4 Å². The number of piperazine rings is 1. The number of nitrogens with zero attached hydrogens (tertiary/aromatic N) is 2. The van der Waals surface area contributed by atoms with E-state index in [0.29, 0.717) is 53.9 Å². The summed E-state index contributed by atoms with van der Waals surface area (Å²) in [5.41, 5.74) is 12.0. The predicted molar refractivity (Wildman–Crippen MR) is 222 cm³/mol. The number of para-hydroxylation sites is 1. The van der Waals surface area contributed by atoms with Crippen molar-refractivity contribution in [2.75, 3.05) is 4.90 Å². The highest BCUT2D eigenvalue weighted by Crippen LogP contribution is 2.54. The van der Waals surface area contributed by atoms with Crippen molar-refractivity contribution in [3.63, 3.8) is 0 Å². The van der Waals surface area contributed by atoms with E-state index in [1.54, 1.807) is 16.8 Å². The van der Waals surface area contributed by atoms with Crippen LogP contribution in [0.3, 0.4) is 0 Å². The largest absolute Gasteiger partial charge is 0.379 e. The van der Waals surface area contributed by atoms with E-state index in [1.165, 1.54) is 47.5 Å². The quantitative estimate of drug-likeness (QED) is 0.298. The number of hydrogen-bond donors (Lipinski definition) is 2. The molecule has 7 aliphatic carbocycles. The molecule has 1 aromatic rings. The van der Waals surface area contributed by atoms with E-state index in [2.05, 4.69) is 154 Å². The second-order valence-electron chi connectivity index (χ2n) is 17.2. The number of benzene rings is 1. The third-order valence-corrected chi connectivity index (χ3v) is 14.4. The van der Waals surface area contributed by atoms with Crippen LogP contribution in [-0.2, 0) is 0 Å². The molecule has 0 amide bonds. The predicted octanol–water partition coefficient (Wildman–Crippen LogP) is 9.83. The minimum absolute atomic E-state index is 0.267. The Balaban J connectivity index is 0.922. The first-order valence-corrected chi connectivity index (χ1v) is 21.2. The van der Waals surface area contributed by atoms with E-state index in [1.807, 2.05) is 0 Å². The van der Waals surface area contributed by atoms with Crippen LogP contribution in [0.25, 0.3) is 0 Å². The van der Waals surface area contributed by atoms with Gasteiger partial charge >= 0.3 is 0 Å². The van der Waals surface area contributed by atoms with E-state index in [0.717, 1.165) is 44.9 Å². The summed E-state index contributed by atoms with van der Waals surface area (Å²) in [5, 5.41) is 8.52. The van der Waals surface area contributed by atoms with Gasteiger partial charge in [0.05, 0.1) is 24.2 Å². The Morgan fingerprint density at radius 2 is 1.69 bits per heavy atom. The molecular formula is C50H54N4. The average molecular weight is 711 g/mol. The van der Waals surface area contributed by atoms with Gasteiger partial charge in [0, 0.05) is 52.6 Å². The van der Waals surface area contributed by atoms with E-state index >= 15 is 0 Å². The third-order valence-electron chi connectivity index (χ3n) is 14.4. The van der Waals surface area contributed by atoms with Crippen molar-refractivity contribution in [3.05, 3.63) is 173 Å². The maximum absolute atomic E-state index is 4.36. The van der Waals surface area contributed by atoms with Crippen LogP contribution in [0.4, 0.5) is 5.69 Å². The Kier molecular flexibility index (Phi) is 8.30. The molecule has 4 heteroatoms. The van der Waals surface area contributed by atoms with Crippen LogP contribution in [-0.4, -0.2) is 41.2 Å². The summed E-state index contributed by atoms with van der Waals surface area (Å²) in [6.45, 7) is 0. The maximum atomic E-state index is 4.36. The smallest absolute Gasteiger partial charge is 0.0630 e. The molecule has 0 saturated carbocycles. The van der Waals surface area contributed by atoms with Crippen LogP contribution in [0.15, 0.2) is 173 Å². The average Bonchev–Trinajstić information content (AvgIpc) is 3.75. The molecule has 10 atom stereocenters. The Hall–Kier alpha value is -4.54. The summed E-state index contributed by atoms with van der Waals surface area (Å²) in [5.74, 6) is 1.99. The molecule has 3 aliphatic heterocycles. The van der Waals surface area contributed by atoms with Crippen LogP contribution >= 0.6 is 0 Å². The molecule has 11 rings (SSSR count). The lowest BCUT2D eigenvalue weighted by molar-refractivity contribution is 0.220. The van der Waals surface area contributed by atoms with E-state index in [9.17, 15) is 0 Å². The lowest BCUT2D eigenvalue weighted by Gasteiger charge is -2.48. The molecule has 2 saturated heterocycles. The topological polar surface area (TPSA) is 30.5 Å². The molecule has 54 heavy (non-hydrogen) atoms. The number of fused-ring (bicyclic) bond motifs is 6. The van der Waals surface area contributed by atoms with Gasteiger partial charge in [0.25, 0.3) is 0 Å². The summed E-state index contributed by atoms with van der Waals surface area (Å²) in [4.78, 5) is 5.64. The Morgan fingerprint density at radius 3 is 2.57 bits per heavy atom. The highest BCUT2D eigenvalue weighted by molar-refractivity contribution is 5.60. The zero-order chi connectivity index (χ0) is 35.6. The number of hydrogen-bond acceptors (Lipinski definition) is 4. The minimum Gasteiger partial charge on any atom is -0.379 e. The molecule has 274 valence electrons. The number of rotatable bonds is 5. The van der Waals surface area contributed by atoms with Gasteiger partial charge in [0.15, 0.2) is 0 Å². The first-order valence-electron chi connectivity index (χ1n) is 21.2. The standard InChI is InChI=1S/C50H54N4/c1-4-16-33(17-5-1)48-49(34-18-6-2-7-19-34)52-50-38(26-15-27-43(50)51-48)35-20-14-23-37(30-35)54-45-29-13-11-25-40(45)42-31-41-39-24-10-12-28-44(39)53(46(41)32-47(42)54)36-21-8-3-9-22-36/h1-4,6,8-12,15-16,20-22,24-28,30-31,34,38-39,41,44,46-52H,5,7,13-14,17-19,23,29,32H2. The van der Waals surface area contributed by atoms with Gasteiger partial charge in [-0.25, -0.2) is 0 Å². The Labute approximate surface area is 322 Å². The molecule has 0 spiro atoms. The molecule has 2 fully saturated rings. The zero-order valence-electron chi connectivity index (χ0n) is 31.4. The normalized spacial score (nSPS) is 37.3. The van der Waals surface area contributed by atoms with Gasteiger partial charge in [-0.05, 0) is 117 Å². The lowest BCUT2D eigenvalue weighted by atomic mass is 9.74. The summed E-state index contributed by atoms with van der Waals surface area (Å²) in [6.07, 6.45) is 52.9. The summed E-state index contributed by atoms with van der Waals surface area (Å²) in [7, 11) is 0. The second kappa shape index (κ2) is 13.6. The van der Waals surface area contributed by atoms with Crippen molar-refractivity contribution >= 4 is 5.69 Å². The third kappa shape index (κ3) is 5.42. The fraction of sp³-hybridized carbons (Fsp3) is 0.400. The van der Waals surface area contributed by atoms with E-state index in [-0.39, 0.29) is 6.04 Å². The summed E-state index contributed by atoms with van der Waals surface area (Å²) < 4.78 is 0. The molecule has 0 radical (unpaired) electrons. The van der Waals surface area contributed by atoms with Crippen molar-refractivity contribution < 1.29 is 0 Å². The van der Waals surface area contributed by atoms with Crippen molar-refractivity contribution in [2.24, 2.45) is 23.7 Å². The van der Waals surface area contributed by atoms with Gasteiger partial charge in [-0.1, -0.05) is 109 Å². The first kappa shape index (κ1) is 32.9. The Morgan fingerprint density at radius 1 is 0.759 bits per heavy atom. The number of anilines is 1. The van der Waals surface area contributed by atoms with Gasteiger partial charge in [-0.15, -0.1) is 0 Å². The van der Waals surface area contributed by atoms with E-state index in [4.69, 9.17) is 0 Å². The van der Waals surface area contributed by atoms with Gasteiger partial charge in [-0.3, -0.25) is 0 Å². The van der Waals surface area contributed by atoms with Crippen LogP contribution in [0.1, 0.15) is 64.2 Å². The molecule has 0 aromatic heterocycles. The van der Waals surface area contributed by atoms with E-state index < -0.39 is 0 Å². The van der Waals surface area contributed by atoms with Crippen molar-refractivity contribution in [1.29, 1.82) is 0 Å². The lowest BCUT2D eigenvalue weighted by Crippen LogP contribution is -2.64. The van der Waals surface area contributed by atoms with Gasteiger partial charge in [-0.2, -0.15) is 0 Å². The van der Waals surface area contributed by atoms with Crippen LogP contribution in [0.2, 0.25) is 0 Å². The molecule has 3 heterocycles. The Bertz CT molecular complexity index is 2060. The van der Waals surface area contributed by atoms with Crippen molar-refractivity contribution in [3.8, 4) is 0 Å². The molecule has 10 unspecified atom stereocenters. The molecular weight excluding hydrogens is 657 g/mol. The maximum Gasteiger partial charge on any atom is 0.0630 e. The fourth-order valence-electron chi connectivity index (χ4n) is 12.1. The molecule has 4 nitrogen and oxygen atoms in total. The summed E-state index contributed by atoms with van der Waals surface area (Å²) >= 11 is 0. The SMILES string of the molecule is C1=CCCC(C2NC3=CC=CC(C4=CCCC(N5C6=C(C=CCC6)C6=CC7C8C=CC=CC8N(c8ccccc8)C7CC65)=C4)C3NC2C2CC=CCC2)=C1. The van der Waals surface area contributed by atoms with Gasteiger partial charge in [0.2, 0.25) is 0 Å². The minimum atomic E-state index is 0.267. The van der Waals surface area contributed by atoms with Crippen molar-refractivity contribution in [1.82, 2.24) is 15.5 Å². The summed E-state index contributed by atoms with van der Waals surface area (Å²) in [6, 6.07) is 13.6. The van der Waals surface area contributed by atoms with Crippen LogP contribution in [0, 0.1) is 23.7 Å². The second-order valence-corrected chi connectivity index (χ2v) is 17.2. The van der Waals surface area contributed by atoms with Gasteiger partial charge in [0.1, 0.15) is 0 Å². The molecule has 2 N–H and O–H groups in total. The molecule has 10 aliphatic rings. The fourth-order valence-corrected chi connectivity index (χ4v) is 12.1. The number of allylic oxidation sites excluding steroid dienone is 15. The molecule has 1 aromatic carbocycles.